The van der Waals surface area contributed by atoms with Crippen molar-refractivity contribution in [1.29, 1.82) is 0 Å². The Hall–Kier alpha value is -2.75. The summed E-state index contributed by atoms with van der Waals surface area (Å²) in [7, 11) is 0. The van der Waals surface area contributed by atoms with E-state index in [1.165, 1.54) is 0 Å². The average molecular weight is 420 g/mol. The summed E-state index contributed by atoms with van der Waals surface area (Å²) in [4.78, 5) is 38.4. The molecular formula is C19H25N5O4S. The summed E-state index contributed by atoms with van der Waals surface area (Å²) in [5.41, 5.74) is 0.624. The van der Waals surface area contributed by atoms with E-state index >= 15 is 0 Å². The lowest BCUT2D eigenvalue weighted by atomic mass is 10.1. The van der Waals surface area contributed by atoms with Crippen LogP contribution >= 0.6 is 11.3 Å². The second-order valence-corrected chi connectivity index (χ2v) is 8.16. The molecule has 29 heavy (non-hydrogen) atoms. The van der Waals surface area contributed by atoms with Gasteiger partial charge in [0, 0.05) is 49.0 Å². The Kier molecular flexibility index (Phi) is 6.97. The van der Waals surface area contributed by atoms with Crippen molar-refractivity contribution in [3.63, 3.8) is 0 Å². The van der Waals surface area contributed by atoms with E-state index in [1.807, 2.05) is 24.4 Å². The van der Waals surface area contributed by atoms with Gasteiger partial charge < -0.3 is 15.3 Å². The Morgan fingerprint density at radius 2 is 2.28 bits per heavy atom. The van der Waals surface area contributed by atoms with Gasteiger partial charge in [-0.15, -0.1) is 16.4 Å². The van der Waals surface area contributed by atoms with Crippen LogP contribution in [0, 0.1) is 0 Å². The zero-order valence-electron chi connectivity index (χ0n) is 16.3. The molecule has 0 aliphatic carbocycles. The number of nitrogens with zero attached hydrogens (tertiary/aromatic N) is 4. The number of thiophene rings is 1. The van der Waals surface area contributed by atoms with Crippen molar-refractivity contribution in [2.45, 2.75) is 57.7 Å². The van der Waals surface area contributed by atoms with Crippen molar-refractivity contribution in [2.24, 2.45) is 0 Å². The zero-order chi connectivity index (χ0) is 20.8. The molecule has 0 saturated carbocycles. The van der Waals surface area contributed by atoms with Crippen LogP contribution in [-0.2, 0) is 27.3 Å². The molecule has 2 aromatic rings. The lowest BCUT2D eigenvalue weighted by Crippen LogP contribution is -2.42. The molecule has 10 heteroatoms. The third-order valence-corrected chi connectivity index (χ3v) is 5.80. The second kappa shape index (κ2) is 9.64. The van der Waals surface area contributed by atoms with Gasteiger partial charge in [0.1, 0.15) is 0 Å². The van der Waals surface area contributed by atoms with Gasteiger partial charge in [-0.2, -0.15) is 0 Å². The Morgan fingerprint density at radius 1 is 1.45 bits per heavy atom. The van der Waals surface area contributed by atoms with Crippen LogP contribution in [0.1, 0.15) is 43.2 Å². The summed E-state index contributed by atoms with van der Waals surface area (Å²) in [6, 6.07) is 3.27. The van der Waals surface area contributed by atoms with E-state index in [-0.39, 0.29) is 37.1 Å². The normalized spacial score (nSPS) is 17.5. The molecule has 2 amide bonds. The van der Waals surface area contributed by atoms with E-state index < -0.39 is 12.0 Å². The molecule has 1 fully saturated rings. The van der Waals surface area contributed by atoms with Crippen molar-refractivity contribution >= 4 is 29.1 Å². The monoisotopic (exact) mass is 419 g/mol. The number of amides is 2. The van der Waals surface area contributed by atoms with Crippen molar-refractivity contribution < 1.29 is 19.5 Å². The fraction of sp³-hybridized carbons (Fsp3) is 0.526. The molecule has 0 bridgehead atoms. The predicted molar refractivity (Wildman–Crippen MR) is 106 cm³/mol. The first kappa shape index (κ1) is 21.0. The molecule has 156 valence electrons. The molecule has 3 rings (SSSR count). The number of carbonyl (C=O) groups excluding carboxylic acids is 2. The number of nitrogens with one attached hydrogen (secondary N) is 1. The summed E-state index contributed by atoms with van der Waals surface area (Å²) in [6.07, 6.45) is 3.14. The van der Waals surface area contributed by atoms with Gasteiger partial charge in [-0.3, -0.25) is 14.4 Å². The zero-order valence-corrected chi connectivity index (χ0v) is 17.1. The number of carboxylic acid groups (broad SMARTS) is 1. The number of carbonyl (C=O) groups is 3. The number of likely N-dealkylation sites (tertiary alicyclic amines) is 1. The Morgan fingerprint density at radius 3 is 2.97 bits per heavy atom. The molecule has 0 radical (unpaired) electrons. The van der Waals surface area contributed by atoms with Gasteiger partial charge in [-0.25, -0.2) is 4.68 Å². The van der Waals surface area contributed by atoms with Gasteiger partial charge in [0.05, 0.1) is 18.7 Å². The molecule has 0 spiro atoms. The second-order valence-electron chi connectivity index (χ2n) is 7.13. The molecule has 9 nitrogen and oxygen atoms in total. The summed E-state index contributed by atoms with van der Waals surface area (Å²) < 4.78 is 1.70. The standard InChI is InChI=1S/C19H25N5O4S/c1-2-24-15(5-6-18(24)26)10-17(25)20-13(9-19(27)28)8-14-11-23(22-21-14)12-16-4-3-7-29-16/h3-4,7,11,13,15H,2,5-6,8-10,12H2,1H3,(H,20,25)(H,27,28). The van der Waals surface area contributed by atoms with Crippen LogP contribution in [0.2, 0.25) is 0 Å². The van der Waals surface area contributed by atoms with E-state index in [0.29, 0.717) is 31.6 Å². The molecule has 2 atom stereocenters. The summed E-state index contributed by atoms with van der Waals surface area (Å²) in [5.74, 6) is -1.18. The lowest BCUT2D eigenvalue weighted by molar-refractivity contribution is -0.137. The number of hydrogen-bond acceptors (Lipinski definition) is 6. The SMILES string of the molecule is CCN1C(=O)CCC1CC(=O)NC(CC(=O)O)Cc1cn(Cc2cccs2)nn1. The van der Waals surface area contributed by atoms with Crippen molar-refractivity contribution in [2.75, 3.05) is 6.54 Å². The van der Waals surface area contributed by atoms with Crippen LogP contribution < -0.4 is 5.32 Å². The van der Waals surface area contributed by atoms with Crippen molar-refractivity contribution in [1.82, 2.24) is 25.2 Å². The average Bonchev–Trinajstić information content (AvgIpc) is 3.38. The number of rotatable bonds is 10. The van der Waals surface area contributed by atoms with Gasteiger partial charge >= 0.3 is 5.97 Å². The Balaban J connectivity index is 1.58. The van der Waals surface area contributed by atoms with Gasteiger partial charge in [-0.05, 0) is 24.8 Å². The Bertz CT molecular complexity index is 851. The molecule has 2 unspecified atom stereocenters. The van der Waals surface area contributed by atoms with Crippen molar-refractivity contribution in [3.05, 3.63) is 34.3 Å². The maximum absolute atomic E-state index is 12.5. The van der Waals surface area contributed by atoms with Crippen LogP contribution in [0.15, 0.2) is 23.7 Å². The van der Waals surface area contributed by atoms with E-state index in [9.17, 15) is 19.5 Å². The van der Waals surface area contributed by atoms with Crippen molar-refractivity contribution in [3.8, 4) is 0 Å². The molecule has 0 aromatic carbocycles. The molecule has 1 saturated heterocycles. The highest BCUT2D eigenvalue weighted by molar-refractivity contribution is 7.09. The van der Waals surface area contributed by atoms with Gasteiger partial charge in [-0.1, -0.05) is 11.3 Å². The van der Waals surface area contributed by atoms with Gasteiger partial charge in [0.15, 0.2) is 0 Å². The van der Waals surface area contributed by atoms with E-state index in [4.69, 9.17) is 0 Å². The molecule has 2 aromatic heterocycles. The molecule has 3 heterocycles. The minimum Gasteiger partial charge on any atom is -0.481 e. The minimum absolute atomic E-state index is 0.0646. The van der Waals surface area contributed by atoms with Gasteiger partial charge in [0.2, 0.25) is 11.8 Å². The highest BCUT2D eigenvalue weighted by Gasteiger charge is 2.31. The number of carboxylic acids is 1. The number of aromatic nitrogens is 3. The number of hydrogen-bond donors (Lipinski definition) is 2. The lowest BCUT2D eigenvalue weighted by Gasteiger charge is -2.24. The summed E-state index contributed by atoms with van der Waals surface area (Å²) in [5, 5.41) is 22.2. The third kappa shape index (κ3) is 5.86. The predicted octanol–water partition coefficient (Wildman–Crippen LogP) is 1.29. The fourth-order valence-corrected chi connectivity index (χ4v) is 4.35. The van der Waals surface area contributed by atoms with E-state index in [1.54, 1.807) is 27.1 Å². The topological polar surface area (TPSA) is 117 Å². The fourth-order valence-electron chi connectivity index (χ4n) is 3.65. The van der Waals surface area contributed by atoms with Crippen LogP contribution in [0.3, 0.4) is 0 Å². The van der Waals surface area contributed by atoms with Crippen LogP contribution in [-0.4, -0.2) is 61.4 Å². The highest BCUT2D eigenvalue weighted by atomic mass is 32.1. The van der Waals surface area contributed by atoms with E-state index in [2.05, 4.69) is 15.6 Å². The largest absolute Gasteiger partial charge is 0.481 e. The summed E-state index contributed by atoms with van der Waals surface area (Å²) >= 11 is 1.62. The first-order chi connectivity index (χ1) is 13.9. The smallest absolute Gasteiger partial charge is 0.305 e. The molecule has 2 N–H and O–H groups in total. The van der Waals surface area contributed by atoms with E-state index in [0.717, 1.165) is 4.88 Å². The molecular weight excluding hydrogens is 394 g/mol. The summed E-state index contributed by atoms with van der Waals surface area (Å²) in [6.45, 7) is 3.06. The van der Waals surface area contributed by atoms with Crippen LogP contribution in [0.4, 0.5) is 0 Å². The van der Waals surface area contributed by atoms with Crippen LogP contribution in [0.25, 0.3) is 0 Å². The quantitative estimate of drug-likeness (QED) is 0.599. The number of aliphatic carboxylic acids is 1. The minimum atomic E-state index is -0.993. The maximum atomic E-state index is 12.5. The first-order valence-corrected chi connectivity index (χ1v) is 10.5. The molecule has 1 aliphatic rings. The maximum Gasteiger partial charge on any atom is 0.305 e. The van der Waals surface area contributed by atoms with Gasteiger partial charge in [0.25, 0.3) is 0 Å². The molecule has 1 aliphatic heterocycles. The van der Waals surface area contributed by atoms with Crippen LogP contribution in [0.5, 0.6) is 0 Å². The first-order valence-electron chi connectivity index (χ1n) is 9.66. The highest BCUT2D eigenvalue weighted by Crippen LogP contribution is 2.21. The Labute approximate surface area is 172 Å². The third-order valence-electron chi connectivity index (χ3n) is 4.94.